The standard InChI is InChI=1S/C30H26N2O/c1-30(2,3)25-14-15-31-29(19-25)23-11-7-13-27(17-23)33-26-12-6-10-22(16-26)28-18-21-8-4-5-9-24(21)20-32-28/h4-20H,1-3H3. The maximum absolute atomic E-state index is 6.23. The van der Waals surface area contributed by atoms with Crippen molar-refractivity contribution in [3.05, 3.63) is 109 Å². The highest BCUT2D eigenvalue weighted by Gasteiger charge is 2.15. The van der Waals surface area contributed by atoms with Gasteiger partial charge in [-0.3, -0.25) is 9.97 Å². The fourth-order valence-electron chi connectivity index (χ4n) is 3.87. The van der Waals surface area contributed by atoms with E-state index in [1.165, 1.54) is 10.9 Å². The van der Waals surface area contributed by atoms with Crippen LogP contribution in [0, 0.1) is 0 Å². The molecule has 0 amide bonds. The minimum Gasteiger partial charge on any atom is -0.457 e. The summed E-state index contributed by atoms with van der Waals surface area (Å²) in [5.74, 6) is 1.55. The van der Waals surface area contributed by atoms with Crippen molar-refractivity contribution < 1.29 is 4.74 Å². The van der Waals surface area contributed by atoms with Gasteiger partial charge in [0.2, 0.25) is 0 Å². The Morgan fingerprint density at radius 2 is 1.24 bits per heavy atom. The lowest BCUT2D eigenvalue weighted by Crippen LogP contribution is -2.11. The summed E-state index contributed by atoms with van der Waals surface area (Å²) in [6.07, 6.45) is 3.80. The van der Waals surface area contributed by atoms with Gasteiger partial charge in [0.15, 0.2) is 0 Å². The van der Waals surface area contributed by atoms with Crippen LogP contribution in [0.4, 0.5) is 0 Å². The van der Waals surface area contributed by atoms with Crippen LogP contribution < -0.4 is 4.74 Å². The molecule has 0 unspecified atom stereocenters. The first kappa shape index (κ1) is 20.9. The molecule has 3 heteroatoms. The Kier molecular flexibility index (Phi) is 5.39. The van der Waals surface area contributed by atoms with Gasteiger partial charge in [0, 0.05) is 28.9 Å². The Balaban J connectivity index is 1.42. The number of rotatable bonds is 4. The second-order valence-electron chi connectivity index (χ2n) is 9.25. The number of hydrogen-bond donors (Lipinski definition) is 0. The van der Waals surface area contributed by atoms with Gasteiger partial charge in [0.05, 0.1) is 11.4 Å². The van der Waals surface area contributed by atoms with E-state index >= 15 is 0 Å². The van der Waals surface area contributed by atoms with Gasteiger partial charge in [-0.2, -0.15) is 0 Å². The third-order valence-corrected chi connectivity index (χ3v) is 5.75. The molecule has 0 bridgehead atoms. The molecular weight excluding hydrogens is 404 g/mol. The minimum atomic E-state index is 0.0725. The van der Waals surface area contributed by atoms with Gasteiger partial charge in [-0.1, -0.05) is 69.3 Å². The normalized spacial score (nSPS) is 11.5. The van der Waals surface area contributed by atoms with Crippen molar-refractivity contribution in [2.45, 2.75) is 26.2 Å². The number of benzene rings is 3. The molecule has 0 aliphatic rings. The van der Waals surface area contributed by atoms with E-state index in [1.54, 1.807) is 0 Å². The molecule has 162 valence electrons. The third kappa shape index (κ3) is 4.63. The van der Waals surface area contributed by atoms with Gasteiger partial charge < -0.3 is 4.74 Å². The Morgan fingerprint density at radius 3 is 1.91 bits per heavy atom. The van der Waals surface area contributed by atoms with E-state index in [0.29, 0.717) is 0 Å². The maximum atomic E-state index is 6.23. The van der Waals surface area contributed by atoms with Gasteiger partial charge in [0.1, 0.15) is 11.5 Å². The Hall–Kier alpha value is -3.98. The van der Waals surface area contributed by atoms with E-state index in [-0.39, 0.29) is 5.41 Å². The minimum absolute atomic E-state index is 0.0725. The second kappa shape index (κ2) is 8.51. The first-order chi connectivity index (χ1) is 16.0. The van der Waals surface area contributed by atoms with Gasteiger partial charge >= 0.3 is 0 Å². The number of fused-ring (bicyclic) bond motifs is 1. The fraction of sp³-hybridized carbons (Fsp3) is 0.133. The molecule has 5 aromatic rings. The van der Waals surface area contributed by atoms with Crippen molar-refractivity contribution in [3.63, 3.8) is 0 Å². The van der Waals surface area contributed by atoms with Gasteiger partial charge in [-0.05, 0) is 58.8 Å². The highest BCUT2D eigenvalue weighted by atomic mass is 16.5. The van der Waals surface area contributed by atoms with Crippen LogP contribution in [0.25, 0.3) is 33.3 Å². The summed E-state index contributed by atoms with van der Waals surface area (Å²) < 4.78 is 6.23. The molecule has 0 atom stereocenters. The molecule has 3 aromatic carbocycles. The zero-order valence-electron chi connectivity index (χ0n) is 19.1. The number of nitrogens with zero attached hydrogens (tertiary/aromatic N) is 2. The number of hydrogen-bond acceptors (Lipinski definition) is 3. The molecule has 0 spiro atoms. The van der Waals surface area contributed by atoms with Crippen LogP contribution in [0.3, 0.4) is 0 Å². The topological polar surface area (TPSA) is 35.0 Å². The summed E-state index contributed by atoms with van der Waals surface area (Å²) in [6, 6.07) is 30.7. The van der Waals surface area contributed by atoms with E-state index in [1.807, 2.05) is 60.9 Å². The average Bonchev–Trinajstić information content (AvgIpc) is 2.84. The number of aromatic nitrogens is 2. The van der Waals surface area contributed by atoms with E-state index in [9.17, 15) is 0 Å². The molecule has 2 heterocycles. The van der Waals surface area contributed by atoms with Crippen LogP contribution in [0.2, 0.25) is 0 Å². The van der Waals surface area contributed by atoms with Crippen LogP contribution >= 0.6 is 0 Å². The third-order valence-electron chi connectivity index (χ3n) is 5.75. The van der Waals surface area contributed by atoms with Gasteiger partial charge in [-0.25, -0.2) is 0 Å². The average molecular weight is 431 g/mol. The van der Waals surface area contributed by atoms with E-state index < -0.39 is 0 Å². The van der Waals surface area contributed by atoms with Crippen LogP contribution in [-0.4, -0.2) is 9.97 Å². The smallest absolute Gasteiger partial charge is 0.128 e. The number of ether oxygens (including phenoxy) is 1. The first-order valence-electron chi connectivity index (χ1n) is 11.2. The molecule has 3 nitrogen and oxygen atoms in total. The first-order valence-corrected chi connectivity index (χ1v) is 11.2. The zero-order valence-corrected chi connectivity index (χ0v) is 19.1. The molecule has 0 fully saturated rings. The lowest BCUT2D eigenvalue weighted by Gasteiger charge is -2.19. The Bertz CT molecular complexity index is 1430. The van der Waals surface area contributed by atoms with Crippen LogP contribution in [0.5, 0.6) is 11.5 Å². The summed E-state index contributed by atoms with van der Waals surface area (Å²) in [6.45, 7) is 6.63. The zero-order chi connectivity index (χ0) is 22.8. The maximum Gasteiger partial charge on any atom is 0.128 e. The largest absolute Gasteiger partial charge is 0.457 e. The Morgan fingerprint density at radius 1 is 0.606 bits per heavy atom. The quantitative estimate of drug-likeness (QED) is 0.289. The molecule has 5 rings (SSSR count). The molecule has 0 aliphatic heterocycles. The van der Waals surface area contributed by atoms with Crippen molar-refractivity contribution in [3.8, 4) is 34.0 Å². The SMILES string of the molecule is CC(C)(C)c1ccnc(-c2cccc(Oc3cccc(-c4cc5ccccc5cn4)c3)c2)c1. The van der Waals surface area contributed by atoms with Gasteiger partial charge in [-0.15, -0.1) is 0 Å². The molecule has 0 radical (unpaired) electrons. The number of pyridine rings is 2. The van der Waals surface area contributed by atoms with Gasteiger partial charge in [0.25, 0.3) is 0 Å². The van der Waals surface area contributed by atoms with Crippen molar-refractivity contribution in [2.75, 3.05) is 0 Å². The van der Waals surface area contributed by atoms with Crippen LogP contribution in [0.1, 0.15) is 26.3 Å². The fourth-order valence-corrected chi connectivity index (χ4v) is 3.87. The van der Waals surface area contributed by atoms with Crippen molar-refractivity contribution in [1.29, 1.82) is 0 Å². The highest BCUT2D eigenvalue weighted by Crippen LogP contribution is 2.31. The summed E-state index contributed by atoms with van der Waals surface area (Å²) >= 11 is 0. The molecule has 0 saturated heterocycles. The summed E-state index contributed by atoms with van der Waals surface area (Å²) in [4.78, 5) is 9.23. The van der Waals surface area contributed by atoms with Crippen molar-refractivity contribution in [1.82, 2.24) is 9.97 Å². The summed E-state index contributed by atoms with van der Waals surface area (Å²) in [5.41, 5.74) is 5.26. The van der Waals surface area contributed by atoms with E-state index in [2.05, 4.69) is 73.2 Å². The van der Waals surface area contributed by atoms with Crippen molar-refractivity contribution in [2.24, 2.45) is 0 Å². The molecular formula is C30H26N2O. The molecule has 0 N–H and O–H groups in total. The molecule has 0 aliphatic carbocycles. The van der Waals surface area contributed by atoms with Crippen LogP contribution in [0.15, 0.2) is 103 Å². The lowest BCUT2D eigenvalue weighted by molar-refractivity contribution is 0.483. The predicted octanol–water partition coefficient (Wildman–Crippen LogP) is 8.05. The monoisotopic (exact) mass is 430 g/mol. The summed E-state index contributed by atoms with van der Waals surface area (Å²) in [5, 5.41) is 2.31. The summed E-state index contributed by atoms with van der Waals surface area (Å²) in [7, 11) is 0. The Labute approximate surface area is 194 Å². The lowest BCUT2D eigenvalue weighted by atomic mass is 9.87. The highest BCUT2D eigenvalue weighted by molar-refractivity contribution is 5.85. The molecule has 0 saturated carbocycles. The predicted molar refractivity (Wildman–Crippen MR) is 136 cm³/mol. The van der Waals surface area contributed by atoms with Crippen molar-refractivity contribution >= 4 is 10.8 Å². The molecule has 2 aromatic heterocycles. The van der Waals surface area contributed by atoms with Crippen LogP contribution in [-0.2, 0) is 5.41 Å². The van der Waals surface area contributed by atoms with E-state index in [0.717, 1.165) is 39.4 Å². The van der Waals surface area contributed by atoms with E-state index in [4.69, 9.17) is 4.74 Å². The molecule has 33 heavy (non-hydrogen) atoms. The second-order valence-corrected chi connectivity index (χ2v) is 9.25.